The lowest BCUT2D eigenvalue weighted by atomic mass is 9.98. The van der Waals surface area contributed by atoms with E-state index in [-0.39, 0.29) is 17.1 Å². The van der Waals surface area contributed by atoms with Crippen LogP contribution in [0.25, 0.3) is 0 Å². The van der Waals surface area contributed by atoms with E-state index in [1.807, 2.05) is 0 Å². The van der Waals surface area contributed by atoms with Gasteiger partial charge in [0.15, 0.2) is 6.04 Å². The summed E-state index contributed by atoms with van der Waals surface area (Å²) in [7, 11) is 2.42. The summed E-state index contributed by atoms with van der Waals surface area (Å²) in [6.07, 6.45) is 1.28. The Morgan fingerprint density at radius 1 is 0.893 bits per heavy atom. The van der Waals surface area contributed by atoms with Crippen molar-refractivity contribution < 1.29 is 23.9 Å². The second-order valence-electron chi connectivity index (χ2n) is 5.88. The second kappa shape index (κ2) is 8.30. The zero-order valence-corrected chi connectivity index (χ0v) is 15.4. The van der Waals surface area contributed by atoms with Gasteiger partial charge in [0.2, 0.25) is 5.78 Å². The maximum Gasteiger partial charge on any atom is 0.336 e. The summed E-state index contributed by atoms with van der Waals surface area (Å²) in [5.41, 5.74) is 0.903. The van der Waals surface area contributed by atoms with Crippen LogP contribution in [-0.2, 0) is 19.1 Å². The summed E-state index contributed by atoms with van der Waals surface area (Å²) in [5, 5.41) is 5.66. The Bertz CT molecular complexity index is 951. The molecule has 0 saturated heterocycles. The molecule has 0 saturated carbocycles. The molecule has 2 aromatic rings. The Morgan fingerprint density at radius 2 is 1.50 bits per heavy atom. The number of hydrazone groups is 1. The van der Waals surface area contributed by atoms with Gasteiger partial charge in [0, 0.05) is 5.56 Å². The SMILES string of the molecule is COC(=O)C1=CC(C(=O)c2ccccc2)=NN(c2ccccc2)[C@@H]1C(=O)OC. The summed E-state index contributed by atoms with van der Waals surface area (Å²) < 4.78 is 9.69. The van der Waals surface area contributed by atoms with Crippen LogP contribution in [0.2, 0.25) is 0 Å². The van der Waals surface area contributed by atoms with E-state index >= 15 is 0 Å². The average molecular weight is 378 g/mol. The number of para-hydroxylation sites is 1. The van der Waals surface area contributed by atoms with E-state index in [2.05, 4.69) is 5.10 Å². The monoisotopic (exact) mass is 378 g/mol. The molecule has 7 nitrogen and oxygen atoms in total. The minimum atomic E-state index is -1.17. The van der Waals surface area contributed by atoms with Crippen molar-refractivity contribution in [1.29, 1.82) is 0 Å². The average Bonchev–Trinajstić information content (AvgIpc) is 2.77. The summed E-state index contributed by atoms with van der Waals surface area (Å²) in [6.45, 7) is 0. The molecule has 0 aliphatic carbocycles. The fraction of sp³-hybridized carbons (Fsp3) is 0.143. The molecule has 2 aromatic carbocycles. The Kier molecular flexibility index (Phi) is 5.64. The van der Waals surface area contributed by atoms with Crippen LogP contribution in [0.15, 0.2) is 77.4 Å². The highest BCUT2D eigenvalue weighted by Crippen LogP contribution is 2.27. The van der Waals surface area contributed by atoms with Crippen LogP contribution < -0.4 is 5.01 Å². The zero-order chi connectivity index (χ0) is 20.1. The lowest BCUT2D eigenvalue weighted by molar-refractivity contribution is -0.144. The number of rotatable bonds is 5. The fourth-order valence-electron chi connectivity index (χ4n) is 2.82. The maximum absolute atomic E-state index is 12.9. The molecule has 0 radical (unpaired) electrons. The Hall–Kier alpha value is -3.74. The molecule has 7 heteroatoms. The van der Waals surface area contributed by atoms with Gasteiger partial charge in [-0.3, -0.25) is 4.79 Å². The third-order valence-electron chi connectivity index (χ3n) is 4.18. The van der Waals surface area contributed by atoms with Crippen molar-refractivity contribution in [1.82, 2.24) is 0 Å². The van der Waals surface area contributed by atoms with E-state index in [0.717, 1.165) is 0 Å². The van der Waals surface area contributed by atoms with Gasteiger partial charge in [-0.25, -0.2) is 14.6 Å². The molecule has 142 valence electrons. The van der Waals surface area contributed by atoms with Gasteiger partial charge in [0.05, 0.1) is 25.5 Å². The van der Waals surface area contributed by atoms with E-state index in [1.165, 1.54) is 25.3 Å². The third-order valence-corrected chi connectivity index (χ3v) is 4.18. The van der Waals surface area contributed by atoms with Gasteiger partial charge in [-0.15, -0.1) is 0 Å². The first-order valence-corrected chi connectivity index (χ1v) is 8.47. The molecular formula is C21H18N2O5. The number of methoxy groups -OCH3 is 2. The standard InChI is InChI=1S/C21H18N2O5/c1-27-20(25)16-13-17(19(24)14-9-5-3-6-10-14)22-23(18(16)21(26)28-2)15-11-7-4-8-12-15/h3-13,18H,1-2H3/t18-/m0/s1. The van der Waals surface area contributed by atoms with Crippen molar-refractivity contribution in [3.05, 3.63) is 77.9 Å². The molecule has 0 bridgehead atoms. The molecule has 1 aliphatic heterocycles. The van der Waals surface area contributed by atoms with E-state index in [0.29, 0.717) is 11.3 Å². The third kappa shape index (κ3) is 3.68. The van der Waals surface area contributed by atoms with Crippen molar-refractivity contribution >= 4 is 29.1 Å². The topological polar surface area (TPSA) is 85.3 Å². The molecule has 0 unspecified atom stereocenters. The number of esters is 2. The predicted molar refractivity (Wildman–Crippen MR) is 103 cm³/mol. The quantitative estimate of drug-likeness (QED) is 0.587. The minimum Gasteiger partial charge on any atom is -0.467 e. The maximum atomic E-state index is 12.9. The number of anilines is 1. The zero-order valence-electron chi connectivity index (χ0n) is 15.4. The second-order valence-corrected chi connectivity index (χ2v) is 5.88. The highest BCUT2D eigenvalue weighted by Gasteiger charge is 2.39. The number of carbonyl (C=O) groups excluding carboxylic acids is 3. The minimum absolute atomic E-state index is 0.00982. The number of hydrogen-bond donors (Lipinski definition) is 0. The van der Waals surface area contributed by atoms with Gasteiger partial charge in [-0.2, -0.15) is 5.10 Å². The van der Waals surface area contributed by atoms with Crippen molar-refractivity contribution in [2.24, 2.45) is 5.10 Å². The van der Waals surface area contributed by atoms with E-state index < -0.39 is 18.0 Å². The van der Waals surface area contributed by atoms with Crippen molar-refractivity contribution in [3.63, 3.8) is 0 Å². The number of Topliss-reactive ketones (excluding diaryl/α,β-unsaturated/α-hetero) is 1. The first-order chi connectivity index (χ1) is 13.6. The molecule has 1 atom stereocenters. The van der Waals surface area contributed by atoms with Crippen LogP contribution in [0, 0.1) is 0 Å². The number of carbonyl (C=O) groups is 3. The van der Waals surface area contributed by atoms with E-state index in [1.54, 1.807) is 60.7 Å². The number of allylic oxidation sites excluding steroid dienone is 1. The number of benzene rings is 2. The van der Waals surface area contributed by atoms with Crippen molar-refractivity contribution in [3.8, 4) is 0 Å². The predicted octanol–water partition coefficient (Wildman–Crippen LogP) is 2.39. The van der Waals surface area contributed by atoms with E-state index in [9.17, 15) is 14.4 Å². The Morgan fingerprint density at radius 3 is 2.07 bits per heavy atom. The number of ketones is 1. The van der Waals surface area contributed by atoms with Crippen LogP contribution in [0.4, 0.5) is 5.69 Å². The van der Waals surface area contributed by atoms with Gasteiger partial charge in [-0.05, 0) is 18.2 Å². The number of ether oxygens (including phenoxy) is 2. The van der Waals surface area contributed by atoms with Crippen LogP contribution in [0.3, 0.4) is 0 Å². The van der Waals surface area contributed by atoms with Crippen LogP contribution in [-0.4, -0.2) is 43.7 Å². The molecule has 0 amide bonds. The first kappa shape index (κ1) is 19.0. The van der Waals surface area contributed by atoms with Crippen LogP contribution >= 0.6 is 0 Å². The van der Waals surface area contributed by atoms with Gasteiger partial charge in [0.25, 0.3) is 0 Å². The number of nitrogens with zero attached hydrogens (tertiary/aromatic N) is 2. The highest BCUT2D eigenvalue weighted by molar-refractivity contribution is 6.50. The summed E-state index contributed by atoms with van der Waals surface area (Å²) in [4.78, 5) is 37.8. The van der Waals surface area contributed by atoms with Crippen LogP contribution in [0.1, 0.15) is 10.4 Å². The largest absolute Gasteiger partial charge is 0.467 e. The molecule has 0 fully saturated rings. The molecule has 0 aromatic heterocycles. The Labute approximate surface area is 161 Å². The lowest BCUT2D eigenvalue weighted by Crippen LogP contribution is -2.46. The molecule has 0 N–H and O–H groups in total. The molecule has 3 rings (SSSR count). The molecule has 28 heavy (non-hydrogen) atoms. The summed E-state index contributed by atoms with van der Waals surface area (Å²) in [5.74, 6) is -1.83. The Balaban J connectivity index is 2.15. The van der Waals surface area contributed by atoms with Crippen molar-refractivity contribution in [2.45, 2.75) is 6.04 Å². The van der Waals surface area contributed by atoms with Gasteiger partial charge >= 0.3 is 11.9 Å². The molecular weight excluding hydrogens is 360 g/mol. The summed E-state index contributed by atoms with van der Waals surface area (Å²) >= 11 is 0. The lowest BCUT2D eigenvalue weighted by Gasteiger charge is -2.31. The molecule has 1 aliphatic rings. The van der Waals surface area contributed by atoms with Gasteiger partial charge in [-0.1, -0.05) is 48.5 Å². The highest BCUT2D eigenvalue weighted by atomic mass is 16.5. The van der Waals surface area contributed by atoms with Gasteiger partial charge < -0.3 is 9.47 Å². The van der Waals surface area contributed by atoms with E-state index in [4.69, 9.17) is 9.47 Å². The number of hydrogen-bond acceptors (Lipinski definition) is 7. The first-order valence-electron chi connectivity index (χ1n) is 8.47. The smallest absolute Gasteiger partial charge is 0.336 e. The molecule has 1 heterocycles. The van der Waals surface area contributed by atoms with Crippen molar-refractivity contribution in [2.75, 3.05) is 19.2 Å². The summed E-state index contributed by atoms with van der Waals surface area (Å²) in [6, 6.07) is 16.1. The molecule has 0 spiro atoms. The van der Waals surface area contributed by atoms with Crippen LogP contribution in [0.5, 0.6) is 0 Å². The fourth-order valence-corrected chi connectivity index (χ4v) is 2.82. The normalized spacial score (nSPS) is 15.9. The van der Waals surface area contributed by atoms with Gasteiger partial charge in [0.1, 0.15) is 5.71 Å².